The predicted molar refractivity (Wildman–Crippen MR) is 67.1 cm³/mol. The third-order valence-electron chi connectivity index (χ3n) is 3.26. The number of hydrogen-bond acceptors (Lipinski definition) is 2. The average molecular weight is 231 g/mol. The van der Waals surface area contributed by atoms with E-state index in [-0.39, 0.29) is 5.91 Å². The molecule has 0 bridgehead atoms. The summed E-state index contributed by atoms with van der Waals surface area (Å²) in [6, 6.07) is 8.08. The Morgan fingerprint density at radius 2 is 2.18 bits per heavy atom. The van der Waals surface area contributed by atoms with Crippen LogP contribution in [0.3, 0.4) is 0 Å². The zero-order chi connectivity index (χ0) is 12.3. The normalized spacial score (nSPS) is 19.1. The first-order chi connectivity index (χ1) is 8.24. The van der Waals surface area contributed by atoms with E-state index in [1.807, 2.05) is 17.0 Å². The van der Waals surface area contributed by atoms with Crippen LogP contribution in [0, 0.1) is 0 Å². The molecule has 90 valence electrons. The Labute approximate surface area is 102 Å². The van der Waals surface area contributed by atoms with Gasteiger partial charge >= 0.3 is 0 Å². The fourth-order valence-electron chi connectivity index (χ4n) is 2.24. The molecule has 1 saturated heterocycles. The Balaban J connectivity index is 2.04. The van der Waals surface area contributed by atoms with E-state index < -0.39 is 0 Å². The van der Waals surface area contributed by atoms with Crippen molar-refractivity contribution >= 4 is 5.91 Å². The van der Waals surface area contributed by atoms with Gasteiger partial charge in [0.05, 0.1) is 7.11 Å². The number of nitrogens with zero attached hydrogens (tertiary/aromatic N) is 1. The van der Waals surface area contributed by atoms with Crippen LogP contribution in [0.5, 0.6) is 5.75 Å². The van der Waals surface area contributed by atoms with E-state index in [0.717, 1.165) is 25.3 Å². The second kappa shape index (κ2) is 5.04. The van der Waals surface area contributed by atoms with Crippen LogP contribution in [-0.2, 0) is 4.79 Å². The second-order valence-corrected chi connectivity index (χ2v) is 4.25. The molecule has 17 heavy (non-hydrogen) atoms. The van der Waals surface area contributed by atoms with Crippen LogP contribution in [0.1, 0.15) is 17.9 Å². The van der Waals surface area contributed by atoms with Gasteiger partial charge in [-0.3, -0.25) is 4.79 Å². The van der Waals surface area contributed by atoms with E-state index in [0.29, 0.717) is 5.92 Å². The fraction of sp³-hybridized carbons (Fsp3) is 0.357. The number of hydrogen-bond donors (Lipinski definition) is 0. The Bertz CT molecular complexity index is 411. The van der Waals surface area contributed by atoms with E-state index in [1.54, 1.807) is 7.11 Å². The summed E-state index contributed by atoms with van der Waals surface area (Å²) < 4.78 is 5.13. The molecule has 1 aliphatic heterocycles. The van der Waals surface area contributed by atoms with E-state index in [2.05, 4.69) is 18.7 Å². The van der Waals surface area contributed by atoms with Crippen LogP contribution < -0.4 is 4.74 Å². The van der Waals surface area contributed by atoms with Crippen LogP contribution in [-0.4, -0.2) is 31.0 Å². The highest BCUT2D eigenvalue weighted by Crippen LogP contribution is 2.28. The van der Waals surface area contributed by atoms with Crippen molar-refractivity contribution in [2.75, 3.05) is 20.2 Å². The van der Waals surface area contributed by atoms with Crippen molar-refractivity contribution in [3.8, 4) is 5.75 Å². The SMILES string of the molecule is C=CC(=O)N1CCC(c2ccc(OC)cc2)C1. The van der Waals surface area contributed by atoms with Gasteiger partial charge in [-0.2, -0.15) is 0 Å². The summed E-state index contributed by atoms with van der Waals surface area (Å²) in [5.41, 5.74) is 1.27. The summed E-state index contributed by atoms with van der Waals surface area (Å²) in [5.74, 6) is 1.33. The number of benzene rings is 1. The third kappa shape index (κ3) is 2.49. The zero-order valence-corrected chi connectivity index (χ0v) is 10.1. The summed E-state index contributed by atoms with van der Waals surface area (Å²) in [4.78, 5) is 13.3. The van der Waals surface area contributed by atoms with Gasteiger partial charge in [-0.15, -0.1) is 0 Å². The Kier molecular flexibility index (Phi) is 3.47. The van der Waals surface area contributed by atoms with Gasteiger partial charge in [-0.05, 0) is 30.2 Å². The first kappa shape index (κ1) is 11.7. The molecule has 1 aromatic rings. The molecule has 0 aliphatic carbocycles. The molecule has 3 nitrogen and oxygen atoms in total. The molecule has 3 heteroatoms. The van der Waals surface area contributed by atoms with Gasteiger partial charge in [0.25, 0.3) is 0 Å². The van der Waals surface area contributed by atoms with Gasteiger partial charge in [0, 0.05) is 19.0 Å². The van der Waals surface area contributed by atoms with Gasteiger partial charge in [-0.25, -0.2) is 0 Å². The van der Waals surface area contributed by atoms with Crippen molar-refractivity contribution in [2.24, 2.45) is 0 Å². The molecule has 1 unspecified atom stereocenters. The van der Waals surface area contributed by atoms with Crippen molar-refractivity contribution in [3.63, 3.8) is 0 Å². The molecule has 1 aliphatic rings. The lowest BCUT2D eigenvalue weighted by Crippen LogP contribution is -2.26. The molecule has 0 aromatic heterocycles. The Morgan fingerprint density at radius 3 is 2.76 bits per heavy atom. The molecule has 1 aromatic carbocycles. The first-order valence-electron chi connectivity index (χ1n) is 5.80. The number of methoxy groups -OCH3 is 1. The number of likely N-dealkylation sites (tertiary alicyclic amines) is 1. The monoisotopic (exact) mass is 231 g/mol. The maximum atomic E-state index is 11.5. The zero-order valence-electron chi connectivity index (χ0n) is 10.1. The highest BCUT2D eigenvalue weighted by atomic mass is 16.5. The average Bonchev–Trinajstić information content (AvgIpc) is 2.87. The summed E-state index contributed by atoms with van der Waals surface area (Å²) >= 11 is 0. The molecule has 1 fully saturated rings. The maximum absolute atomic E-state index is 11.5. The van der Waals surface area contributed by atoms with Crippen LogP contribution in [0.15, 0.2) is 36.9 Å². The number of carbonyl (C=O) groups excluding carboxylic acids is 1. The van der Waals surface area contributed by atoms with Gasteiger partial charge in [-0.1, -0.05) is 18.7 Å². The van der Waals surface area contributed by atoms with E-state index in [9.17, 15) is 4.79 Å². The number of amides is 1. The fourth-order valence-corrected chi connectivity index (χ4v) is 2.24. The van der Waals surface area contributed by atoms with Crippen molar-refractivity contribution in [1.82, 2.24) is 4.90 Å². The standard InChI is InChI=1S/C14H17NO2/c1-3-14(16)15-9-8-12(10-15)11-4-6-13(17-2)7-5-11/h3-7,12H,1,8-10H2,2H3. The number of carbonyl (C=O) groups is 1. The molecule has 1 amide bonds. The molecule has 2 rings (SSSR count). The topological polar surface area (TPSA) is 29.5 Å². The minimum Gasteiger partial charge on any atom is -0.497 e. The lowest BCUT2D eigenvalue weighted by molar-refractivity contribution is -0.125. The van der Waals surface area contributed by atoms with Gasteiger partial charge < -0.3 is 9.64 Å². The van der Waals surface area contributed by atoms with Crippen molar-refractivity contribution in [3.05, 3.63) is 42.5 Å². The molecular formula is C14H17NO2. The van der Waals surface area contributed by atoms with Crippen LogP contribution in [0.4, 0.5) is 0 Å². The molecule has 1 atom stereocenters. The minimum absolute atomic E-state index is 0.0287. The minimum atomic E-state index is 0.0287. The van der Waals surface area contributed by atoms with Crippen molar-refractivity contribution < 1.29 is 9.53 Å². The molecule has 1 heterocycles. The highest BCUT2D eigenvalue weighted by Gasteiger charge is 2.25. The molecule has 0 N–H and O–H groups in total. The van der Waals surface area contributed by atoms with E-state index >= 15 is 0 Å². The summed E-state index contributed by atoms with van der Waals surface area (Å²) in [6.07, 6.45) is 2.41. The lowest BCUT2D eigenvalue weighted by Gasteiger charge is -2.14. The summed E-state index contributed by atoms with van der Waals surface area (Å²) in [7, 11) is 1.66. The van der Waals surface area contributed by atoms with E-state index in [1.165, 1.54) is 11.6 Å². The maximum Gasteiger partial charge on any atom is 0.245 e. The highest BCUT2D eigenvalue weighted by molar-refractivity contribution is 5.87. The van der Waals surface area contributed by atoms with E-state index in [4.69, 9.17) is 4.74 Å². The molecular weight excluding hydrogens is 214 g/mol. The summed E-state index contributed by atoms with van der Waals surface area (Å²) in [5, 5.41) is 0. The third-order valence-corrected chi connectivity index (χ3v) is 3.26. The lowest BCUT2D eigenvalue weighted by atomic mass is 9.98. The van der Waals surface area contributed by atoms with Gasteiger partial charge in [0.15, 0.2) is 0 Å². The Morgan fingerprint density at radius 1 is 1.47 bits per heavy atom. The molecule has 0 radical (unpaired) electrons. The first-order valence-corrected chi connectivity index (χ1v) is 5.80. The van der Waals surface area contributed by atoms with Crippen LogP contribution in [0.25, 0.3) is 0 Å². The molecule has 0 saturated carbocycles. The van der Waals surface area contributed by atoms with Crippen molar-refractivity contribution in [2.45, 2.75) is 12.3 Å². The molecule has 0 spiro atoms. The van der Waals surface area contributed by atoms with Gasteiger partial charge in [0.2, 0.25) is 5.91 Å². The van der Waals surface area contributed by atoms with Crippen LogP contribution >= 0.6 is 0 Å². The summed E-state index contributed by atoms with van der Waals surface area (Å²) in [6.45, 7) is 5.13. The number of rotatable bonds is 3. The largest absolute Gasteiger partial charge is 0.497 e. The quantitative estimate of drug-likeness (QED) is 0.746. The predicted octanol–water partition coefficient (Wildman–Crippen LogP) is 2.20. The second-order valence-electron chi connectivity index (χ2n) is 4.25. The number of ether oxygens (including phenoxy) is 1. The van der Waals surface area contributed by atoms with Crippen LogP contribution in [0.2, 0.25) is 0 Å². The van der Waals surface area contributed by atoms with Gasteiger partial charge in [0.1, 0.15) is 5.75 Å². The Hall–Kier alpha value is -1.77. The smallest absolute Gasteiger partial charge is 0.245 e. The van der Waals surface area contributed by atoms with Crippen molar-refractivity contribution in [1.29, 1.82) is 0 Å².